The van der Waals surface area contributed by atoms with Gasteiger partial charge < -0.3 is 10.0 Å². The van der Waals surface area contributed by atoms with Crippen molar-refractivity contribution in [1.29, 1.82) is 0 Å². The molecule has 0 bridgehead atoms. The molecule has 2 atom stereocenters. The van der Waals surface area contributed by atoms with E-state index in [0.717, 1.165) is 0 Å². The van der Waals surface area contributed by atoms with E-state index in [1.54, 1.807) is 11.9 Å². The number of likely N-dealkylation sites (tertiary alicyclic amines) is 1. The molecule has 2 unspecified atom stereocenters. The molecule has 0 aromatic carbocycles. The minimum Gasteiger partial charge on any atom is -0.395 e. The van der Waals surface area contributed by atoms with Gasteiger partial charge in [0, 0.05) is 6.04 Å². The first-order chi connectivity index (χ1) is 5.46. The fraction of sp³-hybridized carbons (Fsp3) is 1.00. The maximum atomic E-state index is 12.2. The topological polar surface area (TPSA) is 23.5 Å². The number of aliphatic hydroxyl groups excluding tert-OH is 1. The van der Waals surface area contributed by atoms with Crippen molar-refractivity contribution in [2.45, 2.75) is 18.6 Å². The van der Waals surface area contributed by atoms with Crippen molar-refractivity contribution in [3.63, 3.8) is 0 Å². The molecular weight excluding hydrogens is 171 g/mol. The smallest absolute Gasteiger partial charge is 0.393 e. The first kappa shape index (κ1) is 9.80. The Morgan fingerprint density at radius 1 is 1.50 bits per heavy atom. The minimum atomic E-state index is -4.17. The SMILES string of the molecule is CN1CCC(C(F)(F)F)C1CO. The highest BCUT2D eigenvalue weighted by Crippen LogP contribution is 2.37. The average molecular weight is 183 g/mol. The summed E-state index contributed by atoms with van der Waals surface area (Å²) in [6.07, 6.45) is -4.07. The maximum Gasteiger partial charge on any atom is 0.393 e. The van der Waals surface area contributed by atoms with Gasteiger partial charge in [0.05, 0.1) is 12.5 Å². The molecule has 1 aliphatic heterocycles. The van der Waals surface area contributed by atoms with E-state index < -0.39 is 24.7 Å². The lowest BCUT2D eigenvalue weighted by atomic mass is 10.0. The van der Waals surface area contributed by atoms with Gasteiger partial charge in [-0.2, -0.15) is 13.2 Å². The van der Waals surface area contributed by atoms with E-state index in [1.807, 2.05) is 0 Å². The fourth-order valence-corrected chi connectivity index (χ4v) is 1.66. The number of rotatable bonds is 1. The zero-order valence-electron chi connectivity index (χ0n) is 6.80. The predicted octanol–water partition coefficient (Wildman–Crippen LogP) is 0.861. The molecule has 5 heteroatoms. The van der Waals surface area contributed by atoms with Gasteiger partial charge in [0.2, 0.25) is 0 Å². The monoisotopic (exact) mass is 183 g/mol. The number of halogens is 3. The largest absolute Gasteiger partial charge is 0.395 e. The Morgan fingerprint density at radius 2 is 2.08 bits per heavy atom. The van der Waals surface area contributed by atoms with Gasteiger partial charge in [-0.05, 0) is 20.0 Å². The molecule has 1 fully saturated rings. The number of aliphatic hydroxyl groups is 1. The number of nitrogens with zero attached hydrogens (tertiary/aromatic N) is 1. The Hall–Kier alpha value is -0.290. The molecule has 0 spiro atoms. The lowest BCUT2D eigenvalue weighted by molar-refractivity contribution is -0.182. The van der Waals surface area contributed by atoms with Crippen molar-refractivity contribution in [3.05, 3.63) is 0 Å². The maximum absolute atomic E-state index is 12.2. The highest BCUT2D eigenvalue weighted by molar-refractivity contribution is 4.88. The minimum absolute atomic E-state index is 0.102. The first-order valence-corrected chi connectivity index (χ1v) is 3.84. The van der Waals surface area contributed by atoms with Crippen LogP contribution >= 0.6 is 0 Å². The Bertz CT molecular complexity index is 159. The van der Waals surface area contributed by atoms with Crippen molar-refractivity contribution in [1.82, 2.24) is 4.90 Å². The van der Waals surface area contributed by atoms with Gasteiger partial charge in [-0.1, -0.05) is 0 Å². The second-order valence-electron chi connectivity index (χ2n) is 3.17. The number of likely N-dealkylation sites (N-methyl/N-ethyl adjacent to an activating group) is 1. The lowest BCUT2D eigenvalue weighted by Crippen LogP contribution is -2.39. The average Bonchev–Trinajstić information content (AvgIpc) is 2.29. The summed E-state index contributed by atoms with van der Waals surface area (Å²) in [7, 11) is 1.60. The van der Waals surface area contributed by atoms with Crippen LogP contribution in [0.25, 0.3) is 0 Å². The summed E-state index contributed by atoms with van der Waals surface area (Å²) in [5, 5.41) is 8.73. The van der Waals surface area contributed by atoms with E-state index >= 15 is 0 Å². The second-order valence-corrected chi connectivity index (χ2v) is 3.17. The van der Waals surface area contributed by atoms with E-state index in [2.05, 4.69) is 0 Å². The van der Waals surface area contributed by atoms with Gasteiger partial charge >= 0.3 is 6.18 Å². The van der Waals surface area contributed by atoms with E-state index in [0.29, 0.717) is 6.54 Å². The Kier molecular flexibility index (Phi) is 2.63. The third-order valence-electron chi connectivity index (χ3n) is 2.43. The van der Waals surface area contributed by atoms with Crippen molar-refractivity contribution < 1.29 is 18.3 Å². The third-order valence-corrected chi connectivity index (χ3v) is 2.43. The molecule has 0 aromatic rings. The highest BCUT2D eigenvalue weighted by atomic mass is 19.4. The van der Waals surface area contributed by atoms with Crippen LogP contribution in [0.5, 0.6) is 0 Å². The summed E-state index contributed by atoms with van der Waals surface area (Å²) < 4.78 is 36.7. The Balaban J connectivity index is 2.67. The third kappa shape index (κ3) is 1.72. The van der Waals surface area contributed by atoms with Gasteiger partial charge in [0.25, 0.3) is 0 Å². The Labute approximate surface area is 69.0 Å². The van der Waals surface area contributed by atoms with Gasteiger partial charge in [-0.25, -0.2) is 0 Å². The quantitative estimate of drug-likeness (QED) is 0.651. The molecule has 1 rings (SSSR count). The van der Waals surface area contributed by atoms with Crippen LogP contribution in [0.15, 0.2) is 0 Å². The molecule has 0 amide bonds. The second kappa shape index (κ2) is 3.22. The van der Waals surface area contributed by atoms with E-state index in [9.17, 15) is 13.2 Å². The Morgan fingerprint density at radius 3 is 2.42 bits per heavy atom. The number of alkyl halides is 3. The first-order valence-electron chi connectivity index (χ1n) is 3.84. The van der Waals surface area contributed by atoms with E-state index in [4.69, 9.17) is 5.11 Å². The molecule has 1 aliphatic rings. The van der Waals surface area contributed by atoms with Crippen LogP contribution in [-0.4, -0.2) is 42.4 Å². The molecule has 12 heavy (non-hydrogen) atoms. The zero-order chi connectivity index (χ0) is 9.35. The summed E-state index contributed by atoms with van der Waals surface area (Å²) in [6, 6.07) is -0.745. The summed E-state index contributed by atoms with van der Waals surface area (Å²) in [6.45, 7) is -0.00389. The summed E-state index contributed by atoms with van der Waals surface area (Å²) in [5.41, 5.74) is 0. The molecular formula is C7H12F3NO. The normalized spacial score (nSPS) is 32.8. The molecule has 1 heterocycles. The standard InChI is InChI=1S/C7H12F3NO/c1-11-3-2-5(6(11)4-12)7(8,9)10/h5-6,12H,2-4H2,1H3. The molecule has 0 aromatic heterocycles. The molecule has 72 valence electrons. The predicted molar refractivity (Wildman–Crippen MR) is 37.7 cm³/mol. The van der Waals surface area contributed by atoms with Gasteiger partial charge in [0.1, 0.15) is 0 Å². The van der Waals surface area contributed by atoms with Crippen LogP contribution in [0.4, 0.5) is 13.2 Å². The van der Waals surface area contributed by atoms with Crippen LogP contribution in [-0.2, 0) is 0 Å². The summed E-state index contributed by atoms with van der Waals surface area (Å²) in [5.74, 6) is -1.35. The number of hydrogen-bond donors (Lipinski definition) is 1. The summed E-state index contributed by atoms with van der Waals surface area (Å²) >= 11 is 0. The van der Waals surface area contributed by atoms with Crippen molar-refractivity contribution in [3.8, 4) is 0 Å². The molecule has 0 radical (unpaired) electrons. The fourth-order valence-electron chi connectivity index (χ4n) is 1.66. The van der Waals surface area contributed by atoms with Crippen LogP contribution in [0, 0.1) is 5.92 Å². The zero-order valence-corrected chi connectivity index (χ0v) is 6.80. The van der Waals surface area contributed by atoms with Gasteiger partial charge in [-0.3, -0.25) is 0 Å². The van der Waals surface area contributed by atoms with Gasteiger partial charge in [-0.15, -0.1) is 0 Å². The van der Waals surface area contributed by atoms with Crippen LogP contribution in [0.2, 0.25) is 0 Å². The van der Waals surface area contributed by atoms with E-state index in [1.165, 1.54) is 0 Å². The van der Waals surface area contributed by atoms with Crippen molar-refractivity contribution in [2.24, 2.45) is 5.92 Å². The van der Waals surface area contributed by atoms with Crippen LogP contribution in [0.1, 0.15) is 6.42 Å². The van der Waals surface area contributed by atoms with Crippen LogP contribution < -0.4 is 0 Å². The molecule has 2 nitrogen and oxygen atoms in total. The van der Waals surface area contributed by atoms with Crippen molar-refractivity contribution >= 4 is 0 Å². The molecule has 0 aliphatic carbocycles. The number of hydrogen-bond acceptors (Lipinski definition) is 2. The van der Waals surface area contributed by atoms with Crippen LogP contribution in [0.3, 0.4) is 0 Å². The van der Waals surface area contributed by atoms with Gasteiger partial charge in [0.15, 0.2) is 0 Å². The molecule has 1 N–H and O–H groups in total. The highest BCUT2D eigenvalue weighted by Gasteiger charge is 2.48. The molecule has 1 saturated heterocycles. The summed E-state index contributed by atoms with van der Waals surface area (Å²) in [4.78, 5) is 1.55. The molecule has 0 saturated carbocycles. The van der Waals surface area contributed by atoms with E-state index in [-0.39, 0.29) is 6.42 Å². The van der Waals surface area contributed by atoms with Crippen molar-refractivity contribution in [2.75, 3.05) is 20.2 Å². The lowest BCUT2D eigenvalue weighted by Gasteiger charge is -2.24.